The molecule has 1 aromatic rings. The molecular weight excluding hydrogens is 230 g/mol. The summed E-state index contributed by atoms with van der Waals surface area (Å²) in [5, 5.41) is 0. The maximum absolute atomic E-state index is 5.70. The Morgan fingerprint density at radius 1 is 1.22 bits per heavy atom. The highest BCUT2D eigenvalue weighted by Gasteiger charge is 2.09. The summed E-state index contributed by atoms with van der Waals surface area (Å²) < 4.78 is 11.1. The van der Waals surface area contributed by atoms with Crippen molar-refractivity contribution in [3.05, 3.63) is 11.9 Å². The van der Waals surface area contributed by atoms with Gasteiger partial charge < -0.3 is 15.2 Å². The molecule has 0 amide bonds. The van der Waals surface area contributed by atoms with Crippen LogP contribution in [-0.4, -0.2) is 28.8 Å². The van der Waals surface area contributed by atoms with Crippen LogP contribution in [0, 0.1) is 0 Å². The number of aryl methyl sites for hydroxylation is 1. The molecule has 0 fully saturated rings. The van der Waals surface area contributed by atoms with Gasteiger partial charge in [0.2, 0.25) is 5.88 Å². The van der Waals surface area contributed by atoms with Crippen LogP contribution in [0.15, 0.2) is 6.07 Å². The maximum atomic E-state index is 5.70. The van der Waals surface area contributed by atoms with Crippen molar-refractivity contribution in [2.45, 2.75) is 46.1 Å². The molecule has 0 aromatic carbocycles. The molecule has 18 heavy (non-hydrogen) atoms. The second-order valence-electron chi connectivity index (χ2n) is 5.11. The molecule has 0 atom stereocenters. The van der Waals surface area contributed by atoms with Crippen LogP contribution in [0.4, 0.5) is 5.82 Å². The molecule has 0 aliphatic heterocycles. The van der Waals surface area contributed by atoms with Gasteiger partial charge in [-0.25, -0.2) is 4.98 Å². The number of nitrogens with zero attached hydrogens (tertiary/aromatic N) is 2. The zero-order valence-corrected chi connectivity index (χ0v) is 11.7. The fraction of sp³-hybridized carbons (Fsp3) is 0.692. The quantitative estimate of drug-likeness (QED) is 0.787. The summed E-state index contributed by atoms with van der Waals surface area (Å²) in [6, 6.07) is 1.64. The number of ether oxygens (including phenoxy) is 2. The lowest BCUT2D eigenvalue weighted by atomic mass is 10.2. The lowest BCUT2D eigenvalue weighted by Gasteiger charge is -2.19. The van der Waals surface area contributed by atoms with Crippen LogP contribution in [0.5, 0.6) is 5.88 Å². The number of hydrogen-bond acceptors (Lipinski definition) is 5. The van der Waals surface area contributed by atoms with Crippen molar-refractivity contribution in [1.82, 2.24) is 9.97 Å². The summed E-state index contributed by atoms with van der Waals surface area (Å²) in [6.45, 7) is 9.08. The van der Waals surface area contributed by atoms with Crippen LogP contribution in [0.2, 0.25) is 0 Å². The number of anilines is 1. The summed E-state index contributed by atoms with van der Waals surface area (Å²) in [4.78, 5) is 8.43. The second kappa shape index (κ2) is 6.54. The fourth-order valence-electron chi connectivity index (χ4n) is 1.40. The monoisotopic (exact) mass is 253 g/mol. The highest BCUT2D eigenvalue weighted by Crippen LogP contribution is 2.12. The van der Waals surface area contributed by atoms with E-state index in [9.17, 15) is 0 Å². The molecule has 0 bridgehead atoms. The SMILES string of the molecule is CCCc1nc(N)cc(OCCOC(C)(C)C)n1. The summed E-state index contributed by atoms with van der Waals surface area (Å²) in [6.07, 6.45) is 1.79. The standard InChI is InChI=1S/C13H23N3O2/c1-5-6-11-15-10(14)9-12(16-11)17-7-8-18-13(2,3)4/h9H,5-8H2,1-4H3,(H2,14,15,16). The number of nitrogen functional groups attached to an aromatic ring is 1. The Morgan fingerprint density at radius 3 is 2.56 bits per heavy atom. The lowest BCUT2D eigenvalue weighted by molar-refractivity contribution is -0.0168. The Kier molecular flexibility index (Phi) is 5.34. The van der Waals surface area contributed by atoms with Gasteiger partial charge in [0.1, 0.15) is 18.2 Å². The molecule has 102 valence electrons. The van der Waals surface area contributed by atoms with Crippen molar-refractivity contribution in [2.24, 2.45) is 0 Å². The van der Waals surface area contributed by atoms with E-state index in [0.717, 1.165) is 18.7 Å². The Morgan fingerprint density at radius 2 is 1.94 bits per heavy atom. The van der Waals surface area contributed by atoms with Crippen molar-refractivity contribution in [3.8, 4) is 5.88 Å². The molecule has 0 aliphatic rings. The van der Waals surface area contributed by atoms with E-state index in [1.165, 1.54) is 0 Å². The average Bonchev–Trinajstić information content (AvgIpc) is 2.23. The van der Waals surface area contributed by atoms with Crippen LogP contribution in [0.1, 0.15) is 39.9 Å². The highest BCUT2D eigenvalue weighted by molar-refractivity contribution is 5.32. The normalized spacial score (nSPS) is 11.6. The molecule has 5 heteroatoms. The van der Waals surface area contributed by atoms with E-state index in [1.54, 1.807) is 6.07 Å². The molecule has 2 N–H and O–H groups in total. The van der Waals surface area contributed by atoms with Gasteiger partial charge in [-0.1, -0.05) is 6.92 Å². The first kappa shape index (κ1) is 14.7. The number of hydrogen-bond donors (Lipinski definition) is 1. The van der Waals surface area contributed by atoms with E-state index in [-0.39, 0.29) is 5.60 Å². The van der Waals surface area contributed by atoms with Crippen LogP contribution in [0.3, 0.4) is 0 Å². The van der Waals surface area contributed by atoms with E-state index in [4.69, 9.17) is 15.2 Å². The Hall–Kier alpha value is -1.36. The van der Waals surface area contributed by atoms with E-state index >= 15 is 0 Å². The minimum absolute atomic E-state index is 0.151. The number of rotatable bonds is 6. The zero-order chi connectivity index (χ0) is 13.6. The lowest BCUT2D eigenvalue weighted by Crippen LogP contribution is -2.22. The van der Waals surface area contributed by atoms with Crippen LogP contribution < -0.4 is 10.5 Å². The molecular formula is C13H23N3O2. The van der Waals surface area contributed by atoms with Gasteiger partial charge >= 0.3 is 0 Å². The van der Waals surface area contributed by atoms with Crippen LogP contribution in [-0.2, 0) is 11.2 Å². The van der Waals surface area contributed by atoms with Gasteiger partial charge in [-0.05, 0) is 27.2 Å². The van der Waals surface area contributed by atoms with Crippen molar-refractivity contribution < 1.29 is 9.47 Å². The Balaban J connectivity index is 2.46. The molecule has 0 unspecified atom stereocenters. The minimum Gasteiger partial charge on any atom is -0.475 e. The Bertz CT molecular complexity index is 375. The van der Waals surface area contributed by atoms with Gasteiger partial charge in [0.15, 0.2) is 0 Å². The summed E-state index contributed by atoms with van der Waals surface area (Å²) in [7, 11) is 0. The molecule has 0 aliphatic carbocycles. The van der Waals surface area contributed by atoms with E-state index in [1.807, 2.05) is 20.8 Å². The van der Waals surface area contributed by atoms with Crippen molar-refractivity contribution in [1.29, 1.82) is 0 Å². The van der Waals surface area contributed by atoms with Crippen molar-refractivity contribution in [3.63, 3.8) is 0 Å². The van der Waals surface area contributed by atoms with Crippen LogP contribution >= 0.6 is 0 Å². The highest BCUT2D eigenvalue weighted by atomic mass is 16.5. The third kappa shape index (κ3) is 5.82. The molecule has 0 saturated carbocycles. The summed E-state index contributed by atoms with van der Waals surface area (Å²) in [5.41, 5.74) is 5.55. The maximum Gasteiger partial charge on any atom is 0.218 e. The molecule has 1 rings (SSSR count). The third-order valence-corrected chi connectivity index (χ3v) is 2.11. The molecule has 0 spiro atoms. The smallest absolute Gasteiger partial charge is 0.218 e. The van der Waals surface area contributed by atoms with E-state index in [0.29, 0.717) is 24.9 Å². The molecule has 1 heterocycles. The molecule has 5 nitrogen and oxygen atoms in total. The van der Waals surface area contributed by atoms with Crippen molar-refractivity contribution >= 4 is 5.82 Å². The number of aromatic nitrogens is 2. The third-order valence-electron chi connectivity index (χ3n) is 2.11. The minimum atomic E-state index is -0.151. The van der Waals surface area contributed by atoms with E-state index in [2.05, 4.69) is 16.9 Å². The van der Waals surface area contributed by atoms with Gasteiger partial charge in [-0.2, -0.15) is 4.98 Å². The van der Waals surface area contributed by atoms with Crippen LogP contribution in [0.25, 0.3) is 0 Å². The van der Waals surface area contributed by atoms with Gasteiger partial charge in [0.05, 0.1) is 12.2 Å². The average molecular weight is 253 g/mol. The first-order chi connectivity index (χ1) is 8.40. The zero-order valence-electron chi connectivity index (χ0n) is 11.7. The first-order valence-corrected chi connectivity index (χ1v) is 6.31. The number of nitrogens with two attached hydrogens (primary N) is 1. The fourth-order valence-corrected chi connectivity index (χ4v) is 1.40. The van der Waals surface area contributed by atoms with Gasteiger partial charge in [-0.15, -0.1) is 0 Å². The van der Waals surface area contributed by atoms with Gasteiger partial charge in [-0.3, -0.25) is 0 Å². The topological polar surface area (TPSA) is 70.3 Å². The van der Waals surface area contributed by atoms with Gasteiger partial charge in [0, 0.05) is 12.5 Å². The van der Waals surface area contributed by atoms with Crippen molar-refractivity contribution in [2.75, 3.05) is 18.9 Å². The predicted octanol–water partition coefficient (Wildman–Crippen LogP) is 2.21. The van der Waals surface area contributed by atoms with Gasteiger partial charge in [0.25, 0.3) is 0 Å². The first-order valence-electron chi connectivity index (χ1n) is 6.31. The Labute approximate surface area is 109 Å². The summed E-state index contributed by atoms with van der Waals surface area (Å²) >= 11 is 0. The summed E-state index contributed by atoms with van der Waals surface area (Å²) in [5.74, 6) is 1.69. The second-order valence-corrected chi connectivity index (χ2v) is 5.11. The molecule has 1 aromatic heterocycles. The molecule has 0 radical (unpaired) electrons. The molecule has 0 saturated heterocycles. The largest absolute Gasteiger partial charge is 0.475 e. The van der Waals surface area contributed by atoms with E-state index < -0.39 is 0 Å². The predicted molar refractivity (Wildman–Crippen MR) is 71.6 cm³/mol.